The number of hydrogen-bond donors (Lipinski definition) is 2. The Morgan fingerprint density at radius 3 is 2.35 bits per heavy atom. The molecule has 1 fully saturated rings. The van der Waals surface area contributed by atoms with E-state index < -0.39 is 13.2 Å². The van der Waals surface area contributed by atoms with Crippen LogP contribution in [0, 0.1) is 0 Å². The van der Waals surface area contributed by atoms with Gasteiger partial charge in [0.25, 0.3) is 0 Å². The monoisotopic (exact) mass is 278 g/mol. The van der Waals surface area contributed by atoms with E-state index in [1.54, 1.807) is 12.3 Å². The normalized spacial score (nSPS) is 19.9. The van der Waals surface area contributed by atoms with Crippen LogP contribution < -0.4 is 10.8 Å². The number of aromatic nitrogens is 1. The zero-order valence-corrected chi connectivity index (χ0v) is 12.1. The summed E-state index contributed by atoms with van der Waals surface area (Å²) in [5.41, 5.74) is 0.693. The van der Waals surface area contributed by atoms with E-state index in [2.05, 4.69) is 10.3 Å². The molecule has 1 amide bonds. The van der Waals surface area contributed by atoms with Gasteiger partial charge in [-0.3, -0.25) is 4.98 Å². The average molecular weight is 278 g/mol. The standard InChI is InChI=1S/C13H19BN2O4/c1-12(2)13(3,4)20-14(19-12)9-5-6-10(15-7-9)8-16-11(17)18/h5-7,16H,8H2,1-4H3,(H,17,18). The fourth-order valence-corrected chi connectivity index (χ4v) is 1.83. The maximum absolute atomic E-state index is 10.4. The van der Waals surface area contributed by atoms with Crippen LogP contribution in [0.4, 0.5) is 4.79 Å². The van der Waals surface area contributed by atoms with Crippen molar-refractivity contribution in [2.45, 2.75) is 45.4 Å². The Bertz CT molecular complexity index is 486. The van der Waals surface area contributed by atoms with Crippen molar-refractivity contribution in [1.29, 1.82) is 0 Å². The number of carbonyl (C=O) groups is 1. The van der Waals surface area contributed by atoms with Crippen LogP contribution in [-0.2, 0) is 15.9 Å². The van der Waals surface area contributed by atoms with Crippen molar-refractivity contribution in [2.75, 3.05) is 0 Å². The molecule has 0 bridgehead atoms. The minimum Gasteiger partial charge on any atom is -0.465 e. The van der Waals surface area contributed by atoms with Crippen molar-refractivity contribution >= 4 is 18.7 Å². The first-order valence-corrected chi connectivity index (χ1v) is 6.48. The number of nitrogens with zero attached hydrogens (tertiary/aromatic N) is 1. The summed E-state index contributed by atoms with van der Waals surface area (Å²) in [6.45, 7) is 8.15. The highest BCUT2D eigenvalue weighted by molar-refractivity contribution is 6.62. The first kappa shape index (κ1) is 14.8. The van der Waals surface area contributed by atoms with E-state index in [0.717, 1.165) is 5.46 Å². The second kappa shape index (κ2) is 5.07. The predicted octanol–water partition coefficient (Wildman–Crippen LogP) is 1.15. The quantitative estimate of drug-likeness (QED) is 0.811. The van der Waals surface area contributed by atoms with Gasteiger partial charge >= 0.3 is 13.2 Å². The van der Waals surface area contributed by atoms with Gasteiger partial charge in [0.2, 0.25) is 0 Å². The van der Waals surface area contributed by atoms with Gasteiger partial charge in [-0.05, 0) is 33.8 Å². The first-order chi connectivity index (χ1) is 9.21. The molecule has 20 heavy (non-hydrogen) atoms. The molecule has 0 saturated carbocycles. The molecule has 1 aliphatic rings. The molecular weight excluding hydrogens is 259 g/mol. The zero-order valence-electron chi connectivity index (χ0n) is 12.1. The van der Waals surface area contributed by atoms with Crippen molar-refractivity contribution < 1.29 is 19.2 Å². The molecule has 1 aromatic rings. The smallest absolute Gasteiger partial charge is 0.465 e. The van der Waals surface area contributed by atoms with Crippen LogP contribution >= 0.6 is 0 Å². The third kappa shape index (κ3) is 2.94. The van der Waals surface area contributed by atoms with Gasteiger partial charge in [-0.1, -0.05) is 6.07 Å². The Hall–Kier alpha value is -1.60. The molecule has 2 N–H and O–H groups in total. The van der Waals surface area contributed by atoms with Crippen LogP contribution in [0.1, 0.15) is 33.4 Å². The molecule has 0 radical (unpaired) electrons. The topological polar surface area (TPSA) is 80.7 Å². The molecule has 6 nitrogen and oxygen atoms in total. The van der Waals surface area contributed by atoms with Gasteiger partial charge in [-0.2, -0.15) is 0 Å². The fraction of sp³-hybridized carbons (Fsp3) is 0.538. The lowest BCUT2D eigenvalue weighted by molar-refractivity contribution is 0.00578. The van der Waals surface area contributed by atoms with E-state index in [0.29, 0.717) is 5.69 Å². The summed E-state index contributed by atoms with van der Waals surface area (Å²) in [5, 5.41) is 10.8. The van der Waals surface area contributed by atoms with Crippen molar-refractivity contribution in [3.05, 3.63) is 24.0 Å². The summed E-state index contributed by atoms with van der Waals surface area (Å²) in [7, 11) is -0.450. The molecule has 2 heterocycles. The van der Waals surface area contributed by atoms with E-state index in [4.69, 9.17) is 14.4 Å². The van der Waals surface area contributed by atoms with E-state index in [9.17, 15) is 4.79 Å². The van der Waals surface area contributed by atoms with Crippen LogP contribution in [0.15, 0.2) is 18.3 Å². The molecule has 0 spiro atoms. The lowest BCUT2D eigenvalue weighted by Crippen LogP contribution is -2.41. The third-order valence-corrected chi connectivity index (χ3v) is 3.79. The summed E-state index contributed by atoms with van der Waals surface area (Å²) in [6, 6.07) is 3.60. The largest absolute Gasteiger partial charge is 0.496 e. The van der Waals surface area contributed by atoms with Crippen LogP contribution in [-0.4, -0.2) is 34.5 Å². The predicted molar refractivity (Wildman–Crippen MR) is 74.8 cm³/mol. The molecule has 1 aliphatic heterocycles. The van der Waals surface area contributed by atoms with Crippen molar-refractivity contribution in [1.82, 2.24) is 10.3 Å². The average Bonchev–Trinajstić information content (AvgIpc) is 2.56. The van der Waals surface area contributed by atoms with E-state index in [-0.39, 0.29) is 17.7 Å². The summed E-state index contributed by atoms with van der Waals surface area (Å²) >= 11 is 0. The summed E-state index contributed by atoms with van der Waals surface area (Å²) in [5.74, 6) is 0. The Balaban J connectivity index is 2.06. The number of rotatable bonds is 3. The van der Waals surface area contributed by atoms with Gasteiger partial charge in [0.15, 0.2) is 0 Å². The maximum atomic E-state index is 10.4. The number of amides is 1. The van der Waals surface area contributed by atoms with Gasteiger partial charge in [0.1, 0.15) is 0 Å². The summed E-state index contributed by atoms with van der Waals surface area (Å²) in [4.78, 5) is 14.6. The Kier molecular flexibility index (Phi) is 3.75. The molecule has 2 rings (SSSR count). The maximum Gasteiger partial charge on any atom is 0.496 e. The van der Waals surface area contributed by atoms with Crippen molar-refractivity contribution in [3.63, 3.8) is 0 Å². The van der Waals surface area contributed by atoms with E-state index in [1.165, 1.54) is 0 Å². The van der Waals surface area contributed by atoms with Gasteiger partial charge in [0, 0.05) is 11.7 Å². The zero-order chi connectivity index (χ0) is 15.0. The van der Waals surface area contributed by atoms with Crippen LogP contribution in [0.2, 0.25) is 0 Å². The number of pyridine rings is 1. The highest BCUT2D eigenvalue weighted by atomic mass is 16.7. The number of hydrogen-bond acceptors (Lipinski definition) is 4. The molecule has 0 aliphatic carbocycles. The lowest BCUT2D eigenvalue weighted by Gasteiger charge is -2.32. The Morgan fingerprint density at radius 1 is 1.30 bits per heavy atom. The summed E-state index contributed by atoms with van der Waals surface area (Å²) in [6.07, 6.45) is 0.586. The van der Waals surface area contributed by atoms with Crippen LogP contribution in [0.25, 0.3) is 0 Å². The van der Waals surface area contributed by atoms with Crippen molar-refractivity contribution in [3.8, 4) is 0 Å². The molecular formula is C13H19BN2O4. The van der Waals surface area contributed by atoms with Gasteiger partial charge in [-0.15, -0.1) is 0 Å². The minimum absolute atomic E-state index is 0.180. The Labute approximate surface area is 118 Å². The van der Waals surface area contributed by atoms with Gasteiger partial charge < -0.3 is 19.7 Å². The molecule has 0 atom stereocenters. The molecule has 0 aromatic carbocycles. The van der Waals surface area contributed by atoms with E-state index >= 15 is 0 Å². The summed E-state index contributed by atoms with van der Waals surface area (Å²) < 4.78 is 11.8. The molecule has 108 valence electrons. The second-order valence-electron chi connectivity index (χ2n) is 5.83. The van der Waals surface area contributed by atoms with Crippen molar-refractivity contribution in [2.24, 2.45) is 0 Å². The highest BCUT2D eigenvalue weighted by Crippen LogP contribution is 2.36. The molecule has 1 aromatic heterocycles. The van der Waals surface area contributed by atoms with Gasteiger partial charge in [0.05, 0.1) is 23.4 Å². The SMILES string of the molecule is CC1(C)OB(c2ccc(CNC(=O)O)nc2)OC1(C)C. The highest BCUT2D eigenvalue weighted by Gasteiger charge is 2.51. The fourth-order valence-electron chi connectivity index (χ4n) is 1.83. The molecule has 7 heteroatoms. The van der Waals surface area contributed by atoms with Crippen LogP contribution in [0.3, 0.4) is 0 Å². The van der Waals surface area contributed by atoms with Crippen LogP contribution in [0.5, 0.6) is 0 Å². The number of nitrogens with one attached hydrogen (secondary N) is 1. The van der Waals surface area contributed by atoms with Gasteiger partial charge in [-0.25, -0.2) is 4.79 Å². The molecule has 0 unspecified atom stereocenters. The van der Waals surface area contributed by atoms with E-state index in [1.807, 2.05) is 33.8 Å². The third-order valence-electron chi connectivity index (χ3n) is 3.79. The second-order valence-corrected chi connectivity index (χ2v) is 5.83. The first-order valence-electron chi connectivity index (χ1n) is 6.48. The Morgan fingerprint density at radius 2 is 1.90 bits per heavy atom. The molecule has 1 saturated heterocycles. The lowest BCUT2D eigenvalue weighted by atomic mass is 9.80. The number of carboxylic acid groups (broad SMARTS) is 1. The minimum atomic E-state index is -1.07.